The molecule has 2 unspecified atom stereocenters. The third kappa shape index (κ3) is 6.30. The molecule has 2 saturated heterocycles. The molecule has 0 saturated carbocycles. The average Bonchev–Trinajstić information content (AvgIpc) is 3.76. The summed E-state index contributed by atoms with van der Waals surface area (Å²) >= 11 is 6.82. The largest absolute Gasteiger partial charge is 0.490 e. The lowest BCUT2D eigenvalue weighted by molar-refractivity contribution is -0.138. The van der Waals surface area contributed by atoms with Crippen LogP contribution in [0.2, 0.25) is 5.02 Å². The monoisotopic (exact) mass is 770 g/mol. The number of ether oxygens (including phenoxy) is 2. The molecular weight excluding hydrogens is 739 g/mol. The second kappa shape index (κ2) is 13.8. The molecule has 3 aromatic heterocycles. The molecule has 0 amide bonds. The number of nitriles is 1. The van der Waals surface area contributed by atoms with Gasteiger partial charge in [-0.05, 0) is 50.4 Å². The van der Waals surface area contributed by atoms with Crippen LogP contribution in [0.3, 0.4) is 0 Å². The standard InChI is InChI=1S/C28H19ClF5N7O2S.C8H13N/c1-10(13-7-11(29)9-38-24(13)36)41-5-6-43-22-18-21(39-27(42-2)40-26(18)41)20(31)17(19(22)28(32,33)34)12-3-4-15(30)23-16(12)14(8-35)25(37)44-23;1-7-5-8-3-2-4-9(8)6-7/h3-4,7,9-10H,5-6,37H2,1-2H3,(H2,36,38);8H,1-6H2. The van der Waals surface area contributed by atoms with E-state index in [-0.39, 0.29) is 61.9 Å². The molecule has 3 aliphatic rings. The quantitative estimate of drug-likeness (QED) is 0.136. The summed E-state index contributed by atoms with van der Waals surface area (Å²) in [6.45, 7) is 7.88. The van der Waals surface area contributed by atoms with E-state index in [2.05, 4.69) is 26.4 Å². The van der Waals surface area contributed by atoms with Crippen LogP contribution in [-0.4, -0.2) is 59.2 Å². The fourth-order valence-corrected chi connectivity index (χ4v) is 8.57. The van der Waals surface area contributed by atoms with Gasteiger partial charge in [-0.2, -0.15) is 28.4 Å². The molecule has 0 radical (unpaired) electrons. The first-order valence-electron chi connectivity index (χ1n) is 16.5. The number of alkyl halides is 3. The van der Waals surface area contributed by atoms with Gasteiger partial charge in [-0.25, -0.2) is 13.8 Å². The SMILES string of the molecule is C=C1CC2CCCN2C1.COc1nc2c3c(c(C(F)(F)F)c(-c4ccc(F)c5sc(N)c(C#N)c45)c(F)c3n1)OCCN2C(C)c1cc(Cl)cnc1N. The first kappa shape index (κ1) is 36.4. The lowest BCUT2D eigenvalue weighted by Crippen LogP contribution is -2.31. The second-order valence-electron chi connectivity index (χ2n) is 13.0. The van der Waals surface area contributed by atoms with E-state index in [0.717, 1.165) is 18.2 Å². The lowest BCUT2D eigenvalue weighted by Gasteiger charge is -2.30. The van der Waals surface area contributed by atoms with E-state index < -0.39 is 51.8 Å². The van der Waals surface area contributed by atoms with Crippen molar-refractivity contribution in [1.29, 1.82) is 5.26 Å². The zero-order chi connectivity index (χ0) is 37.9. The first-order valence-corrected chi connectivity index (χ1v) is 17.7. The van der Waals surface area contributed by atoms with Gasteiger partial charge < -0.3 is 25.8 Å². The van der Waals surface area contributed by atoms with Gasteiger partial charge in [0.2, 0.25) is 0 Å². The van der Waals surface area contributed by atoms with Crippen LogP contribution in [0.25, 0.3) is 32.1 Å². The van der Waals surface area contributed by atoms with Crippen LogP contribution < -0.4 is 25.8 Å². The van der Waals surface area contributed by atoms with Gasteiger partial charge in [0.25, 0.3) is 0 Å². The molecule has 3 aliphatic heterocycles. The number of aromatic nitrogens is 3. The van der Waals surface area contributed by atoms with Crippen LogP contribution in [0.1, 0.15) is 48.9 Å². The minimum Gasteiger partial charge on any atom is -0.490 e. The summed E-state index contributed by atoms with van der Waals surface area (Å²) in [4.78, 5) is 16.6. The number of rotatable bonds is 4. The Kier molecular flexibility index (Phi) is 9.46. The van der Waals surface area contributed by atoms with Crippen LogP contribution in [-0.2, 0) is 6.18 Å². The minimum absolute atomic E-state index is 0.0221. The van der Waals surface area contributed by atoms with Crippen LogP contribution in [0.15, 0.2) is 36.5 Å². The predicted molar refractivity (Wildman–Crippen MR) is 194 cm³/mol. The number of nitrogens with two attached hydrogens (primary N) is 2. The zero-order valence-corrected chi connectivity index (χ0v) is 30.0. The number of pyridine rings is 1. The predicted octanol–water partition coefficient (Wildman–Crippen LogP) is 8.27. The molecule has 276 valence electrons. The van der Waals surface area contributed by atoms with Crippen molar-refractivity contribution in [2.24, 2.45) is 0 Å². The molecule has 53 heavy (non-hydrogen) atoms. The third-order valence-corrected chi connectivity index (χ3v) is 11.0. The minimum atomic E-state index is -5.20. The van der Waals surface area contributed by atoms with Crippen molar-refractivity contribution < 1.29 is 31.4 Å². The molecule has 10 nitrogen and oxygen atoms in total. The van der Waals surface area contributed by atoms with Crippen molar-refractivity contribution >= 4 is 60.6 Å². The number of hydrogen-bond acceptors (Lipinski definition) is 11. The lowest BCUT2D eigenvalue weighted by atomic mass is 9.91. The molecule has 2 fully saturated rings. The van der Waals surface area contributed by atoms with E-state index in [4.69, 9.17) is 32.5 Å². The number of benzene rings is 2. The third-order valence-electron chi connectivity index (χ3n) is 9.80. The Balaban J connectivity index is 0.000000418. The normalized spacial score (nSPS) is 17.6. The van der Waals surface area contributed by atoms with E-state index in [1.165, 1.54) is 51.2 Å². The number of nitrogen functional groups attached to an aromatic ring is 2. The maximum absolute atomic E-state index is 16.8. The van der Waals surface area contributed by atoms with E-state index in [0.29, 0.717) is 16.9 Å². The summed E-state index contributed by atoms with van der Waals surface area (Å²) in [6.07, 6.45) is 0.253. The summed E-state index contributed by atoms with van der Waals surface area (Å²) in [5, 5.41) is 9.25. The van der Waals surface area contributed by atoms with Gasteiger partial charge in [-0.3, -0.25) is 4.90 Å². The summed E-state index contributed by atoms with van der Waals surface area (Å²) < 4.78 is 87.6. The van der Waals surface area contributed by atoms with Gasteiger partial charge in [0.15, 0.2) is 5.82 Å². The van der Waals surface area contributed by atoms with Crippen molar-refractivity contribution in [3.05, 3.63) is 69.9 Å². The number of methoxy groups -OCH3 is 1. The van der Waals surface area contributed by atoms with Gasteiger partial charge >= 0.3 is 12.2 Å². The average molecular weight is 771 g/mol. The maximum Gasteiger partial charge on any atom is 0.420 e. The molecular formula is C36H32ClF5N8O2S. The second-order valence-corrected chi connectivity index (χ2v) is 14.5. The van der Waals surface area contributed by atoms with E-state index in [1.807, 2.05) is 0 Å². The number of hydrogen-bond donors (Lipinski definition) is 2. The molecule has 8 rings (SSSR count). The van der Waals surface area contributed by atoms with E-state index in [9.17, 15) is 9.65 Å². The Morgan fingerprint density at radius 2 is 1.96 bits per heavy atom. The van der Waals surface area contributed by atoms with Crippen LogP contribution in [0, 0.1) is 23.0 Å². The fourth-order valence-electron chi connectivity index (χ4n) is 7.46. The van der Waals surface area contributed by atoms with Gasteiger partial charge in [0.05, 0.1) is 40.4 Å². The Labute approximate surface area is 309 Å². The van der Waals surface area contributed by atoms with Crippen LogP contribution in [0.4, 0.5) is 38.6 Å². The van der Waals surface area contributed by atoms with Crippen molar-refractivity contribution in [3.63, 3.8) is 0 Å². The van der Waals surface area contributed by atoms with Crippen molar-refractivity contribution in [1.82, 2.24) is 19.9 Å². The Hall–Kier alpha value is -4.98. The molecule has 0 bridgehead atoms. The molecule has 2 atom stereocenters. The van der Waals surface area contributed by atoms with Crippen LogP contribution >= 0.6 is 22.9 Å². The summed E-state index contributed by atoms with van der Waals surface area (Å²) in [5.74, 6) is -3.00. The number of thiophene rings is 1. The van der Waals surface area contributed by atoms with Crippen molar-refractivity contribution in [2.75, 3.05) is 49.7 Å². The van der Waals surface area contributed by atoms with Gasteiger partial charge in [0.1, 0.15) is 52.0 Å². The molecule has 2 aromatic carbocycles. The first-order chi connectivity index (χ1) is 25.2. The molecule has 17 heteroatoms. The van der Waals surface area contributed by atoms with Crippen molar-refractivity contribution in [3.8, 4) is 29.0 Å². The summed E-state index contributed by atoms with van der Waals surface area (Å²) in [6, 6.07) is 5.07. The number of halogens is 6. The highest BCUT2D eigenvalue weighted by atomic mass is 35.5. The smallest absolute Gasteiger partial charge is 0.420 e. The molecule has 5 aromatic rings. The highest BCUT2D eigenvalue weighted by molar-refractivity contribution is 7.23. The Morgan fingerprint density at radius 1 is 1.19 bits per heavy atom. The summed E-state index contributed by atoms with van der Waals surface area (Å²) in [5.41, 5.74) is 10.2. The van der Waals surface area contributed by atoms with E-state index >= 15 is 17.6 Å². The fraction of sp³-hybridized carbons (Fsp3) is 0.333. The zero-order valence-electron chi connectivity index (χ0n) is 28.5. The highest BCUT2D eigenvalue weighted by Crippen LogP contribution is 2.54. The van der Waals surface area contributed by atoms with Crippen LogP contribution in [0.5, 0.6) is 11.8 Å². The Morgan fingerprint density at radius 3 is 2.66 bits per heavy atom. The topological polar surface area (TPSA) is 139 Å². The maximum atomic E-state index is 16.8. The molecule has 4 N–H and O–H groups in total. The van der Waals surface area contributed by atoms with Gasteiger partial charge in [-0.1, -0.05) is 29.8 Å². The highest BCUT2D eigenvalue weighted by Gasteiger charge is 2.44. The summed E-state index contributed by atoms with van der Waals surface area (Å²) in [7, 11) is 1.22. The number of nitrogens with zero attached hydrogens (tertiary/aromatic N) is 6. The van der Waals surface area contributed by atoms with E-state index in [1.54, 1.807) is 24.0 Å². The Bertz CT molecular complexity index is 2330. The number of anilines is 3. The molecule has 6 heterocycles. The molecule has 0 aliphatic carbocycles. The van der Waals surface area contributed by atoms with Gasteiger partial charge in [0, 0.05) is 35.3 Å². The van der Waals surface area contributed by atoms with Crippen molar-refractivity contribution in [2.45, 2.75) is 44.4 Å². The number of fused-ring (bicyclic) bond motifs is 2. The molecule has 0 spiro atoms. The van der Waals surface area contributed by atoms with Gasteiger partial charge in [-0.15, -0.1) is 11.3 Å².